The van der Waals surface area contributed by atoms with Crippen molar-refractivity contribution >= 4 is 5.82 Å². The molecule has 0 saturated carbocycles. The summed E-state index contributed by atoms with van der Waals surface area (Å²) in [4.78, 5) is 9.92. The van der Waals surface area contributed by atoms with E-state index in [2.05, 4.69) is 25.5 Å². The Kier molecular flexibility index (Phi) is 1.92. The van der Waals surface area contributed by atoms with Crippen molar-refractivity contribution in [2.45, 2.75) is 19.0 Å². The van der Waals surface area contributed by atoms with Gasteiger partial charge in [0.15, 0.2) is 5.82 Å². The van der Waals surface area contributed by atoms with Crippen molar-refractivity contribution in [1.29, 1.82) is 0 Å². The van der Waals surface area contributed by atoms with Crippen molar-refractivity contribution in [3.05, 3.63) is 12.0 Å². The second-order valence-electron chi connectivity index (χ2n) is 3.87. The van der Waals surface area contributed by atoms with Crippen LogP contribution in [0.5, 0.6) is 0 Å². The number of hydrogen-bond donors (Lipinski definition) is 3. The number of imidazole rings is 1. The van der Waals surface area contributed by atoms with Crippen LogP contribution in [-0.4, -0.2) is 34.6 Å². The normalized spacial score (nSPS) is 27.3. The van der Waals surface area contributed by atoms with Gasteiger partial charge in [0.05, 0.1) is 18.7 Å². The first-order chi connectivity index (χ1) is 6.95. The molecule has 2 aliphatic rings. The Bertz CT molecular complexity index is 315. The maximum absolute atomic E-state index is 4.25. The highest BCUT2D eigenvalue weighted by Crippen LogP contribution is 2.27. The van der Waals surface area contributed by atoms with Gasteiger partial charge in [0.1, 0.15) is 6.17 Å². The molecule has 0 amide bonds. The number of anilines is 1. The van der Waals surface area contributed by atoms with Crippen LogP contribution in [0.4, 0.5) is 5.82 Å². The van der Waals surface area contributed by atoms with Crippen LogP contribution in [0.1, 0.15) is 24.7 Å². The van der Waals surface area contributed by atoms with Crippen LogP contribution in [-0.2, 0) is 0 Å². The summed E-state index contributed by atoms with van der Waals surface area (Å²) < 4.78 is 0. The smallest absolute Gasteiger partial charge is 0.151 e. The summed E-state index contributed by atoms with van der Waals surface area (Å²) in [5, 5.41) is 6.66. The van der Waals surface area contributed by atoms with E-state index >= 15 is 0 Å². The van der Waals surface area contributed by atoms with Crippen LogP contribution in [0.15, 0.2) is 6.33 Å². The van der Waals surface area contributed by atoms with Crippen LogP contribution < -0.4 is 10.6 Å². The number of nitrogens with zero attached hydrogens (tertiary/aromatic N) is 2. The molecule has 0 radical (unpaired) electrons. The van der Waals surface area contributed by atoms with E-state index in [0.29, 0.717) is 6.17 Å². The van der Waals surface area contributed by atoms with Gasteiger partial charge in [-0.2, -0.15) is 0 Å². The number of fused-ring (bicyclic) bond motifs is 1. The molecule has 0 spiro atoms. The molecule has 14 heavy (non-hydrogen) atoms. The van der Waals surface area contributed by atoms with Crippen molar-refractivity contribution in [2.24, 2.45) is 0 Å². The average molecular weight is 193 g/mol. The first-order valence-electron chi connectivity index (χ1n) is 5.20. The monoisotopic (exact) mass is 193 g/mol. The van der Waals surface area contributed by atoms with Gasteiger partial charge < -0.3 is 10.3 Å². The highest BCUT2D eigenvalue weighted by atomic mass is 15.3. The minimum absolute atomic E-state index is 0.330. The molecule has 1 fully saturated rings. The Morgan fingerprint density at radius 1 is 1.36 bits per heavy atom. The van der Waals surface area contributed by atoms with Crippen LogP contribution in [0.3, 0.4) is 0 Å². The number of likely N-dealkylation sites (tertiary alicyclic amines) is 1. The average Bonchev–Trinajstić information content (AvgIpc) is 2.88. The first-order valence-corrected chi connectivity index (χ1v) is 5.20. The van der Waals surface area contributed by atoms with E-state index in [-0.39, 0.29) is 0 Å². The molecule has 3 heterocycles. The van der Waals surface area contributed by atoms with Gasteiger partial charge in [0.2, 0.25) is 0 Å². The van der Waals surface area contributed by atoms with Gasteiger partial charge in [0.25, 0.3) is 0 Å². The van der Waals surface area contributed by atoms with Crippen molar-refractivity contribution < 1.29 is 0 Å². The predicted octanol–water partition coefficient (Wildman–Crippen LogP) is 0.477. The summed E-state index contributed by atoms with van der Waals surface area (Å²) >= 11 is 0. The zero-order valence-corrected chi connectivity index (χ0v) is 8.08. The fourth-order valence-electron chi connectivity index (χ4n) is 2.30. The third-order valence-corrected chi connectivity index (χ3v) is 3.00. The van der Waals surface area contributed by atoms with Crippen molar-refractivity contribution in [3.8, 4) is 0 Å². The van der Waals surface area contributed by atoms with Gasteiger partial charge in [-0.3, -0.25) is 10.2 Å². The molecule has 76 valence electrons. The molecule has 1 aromatic rings. The summed E-state index contributed by atoms with van der Waals surface area (Å²) in [6, 6.07) is 0. The summed E-state index contributed by atoms with van der Waals surface area (Å²) in [5.41, 5.74) is 1.18. The summed E-state index contributed by atoms with van der Waals surface area (Å²) in [6.45, 7) is 3.19. The topological polar surface area (TPSA) is 56.0 Å². The van der Waals surface area contributed by atoms with E-state index in [9.17, 15) is 0 Å². The quantitative estimate of drug-likeness (QED) is 0.607. The Balaban J connectivity index is 1.88. The molecule has 5 nitrogen and oxygen atoms in total. The SMILES string of the molecule is c1nc2c([nH]1)C(N1CCCC1)NCN2. The molecule has 0 aliphatic carbocycles. The Labute approximate surface area is 82.9 Å². The number of aromatic nitrogens is 2. The predicted molar refractivity (Wildman–Crippen MR) is 53.8 cm³/mol. The van der Waals surface area contributed by atoms with Crippen molar-refractivity contribution in [2.75, 3.05) is 25.1 Å². The molecular formula is C9H15N5. The van der Waals surface area contributed by atoms with E-state index < -0.39 is 0 Å². The lowest BCUT2D eigenvalue weighted by Gasteiger charge is -2.31. The lowest BCUT2D eigenvalue weighted by Crippen LogP contribution is -2.42. The van der Waals surface area contributed by atoms with Crippen molar-refractivity contribution in [1.82, 2.24) is 20.2 Å². The minimum Gasteiger partial charge on any atom is -0.356 e. The number of nitrogens with one attached hydrogen (secondary N) is 3. The fraction of sp³-hybridized carbons (Fsp3) is 0.667. The van der Waals surface area contributed by atoms with Gasteiger partial charge >= 0.3 is 0 Å². The van der Waals surface area contributed by atoms with E-state index in [4.69, 9.17) is 0 Å². The summed E-state index contributed by atoms with van der Waals surface area (Å²) in [6.07, 6.45) is 4.72. The van der Waals surface area contributed by atoms with E-state index in [1.807, 2.05) is 0 Å². The van der Waals surface area contributed by atoms with E-state index in [1.54, 1.807) is 6.33 Å². The van der Waals surface area contributed by atoms with Gasteiger partial charge in [0, 0.05) is 13.1 Å². The van der Waals surface area contributed by atoms with Crippen LogP contribution in [0.2, 0.25) is 0 Å². The Hall–Kier alpha value is -1.07. The maximum Gasteiger partial charge on any atom is 0.151 e. The summed E-state index contributed by atoms with van der Waals surface area (Å²) in [7, 11) is 0. The number of rotatable bonds is 1. The Morgan fingerprint density at radius 2 is 2.21 bits per heavy atom. The largest absolute Gasteiger partial charge is 0.356 e. The molecule has 0 bridgehead atoms. The molecular weight excluding hydrogens is 178 g/mol. The molecule has 3 N–H and O–H groups in total. The molecule has 2 aliphatic heterocycles. The van der Waals surface area contributed by atoms with E-state index in [0.717, 1.165) is 12.5 Å². The van der Waals surface area contributed by atoms with E-state index in [1.165, 1.54) is 31.6 Å². The third kappa shape index (κ3) is 1.20. The molecule has 1 unspecified atom stereocenters. The molecule has 3 rings (SSSR count). The maximum atomic E-state index is 4.25. The van der Waals surface area contributed by atoms with Gasteiger partial charge in [-0.15, -0.1) is 0 Å². The second kappa shape index (κ2) is 3.25. The summed E-state index contributed by atoms with van der Waals surface area (Å²) in [5.74, 6) is 1.00. The molecule has 0 aromatic carbocycles. The fourth-order valence-corrected chi connectivity index (χ4v) is 2.30. The highest BCUT2D eigenvalue weighted by Gasteiger charge is 2.28. The molecule has 1 atom stereocenters. The zero-order valence-electron chi connectivity index (χ0n) is 8.08. The zero-order chi connectivity index (χ0) is 9.38. The lowest BCUT2D eigenvalue weighted by molar-refractivity contribution is 0.201. The second-order valence-corrected chi connectivity index (χ2v) is 3.87. The van der Waals surface area contributed by atoms with Gasteiger partial charge in [-0.05, 0) is 12.8 Å². The Morgan fingerprint density at radius 3 is 3.07 bits per heavy atom. The number of H-pyrrole nitrogens is 1. The van der Waals surface area contributed by atoms with Gasteiger partial charge in [-0.1, -0.05) is 0 Å². The number of aromatic amines is 1. The standard InChI is InChI=1S/C9H15N5/c1-2-4-14(3-1)9-7-8(11-5-10-7)12-6-13-9/h5,9,12-13H,1-4,6H2,(H,10,11). The van der Waals surface area contributed by atoms with Gasteiger partial charge in [-0.25, -0.2) is 4.98 Å². The third-order valence-electron chi connectivity index (χ3n) is 3.00. The first kappa shape index (κ1) is 8.26. The molecule has 1 saturated heterocycles. The van der Waals surface area contributed by atoms with Crippen molar-refractivity contribution in [3.63, 3.8) is 0 Å². The highest BCUT2D eigenvalue weighted by molar-refractivity contribution is 5.43. The number of hydrogen-bond acceptors (Lipinski definition) is 4. The molecule has 1 aromatic heterocycles. The lowest BCUT2D eigenvalue weighted by atomic mass is 10.2. The molecule has 5 heteroatoms. The minimum atomic E-state index is 0.330. The van der Waals surface area contributed by atoms with Crippen LogP contribution in [0.25, 0.3) is 0 Å². The van der Waals surface area contributed by atoms with Crippen LogP contribution >= 0.6 is 0 Å². The van der Waals surface area contributed by atoms with Crippen LogP contribution in [0, 0.1) is 0 Å².